The molecule has 0 atom stereocenters. The Bertz CT molecular complexity index is 446. The largest absolute Gasteiger partial charge is 0.388 e. The van der Waals surface area contributed by atoms with Crippen molar-refractivity contribution in [2.24, 2.45) is 0 Å². The maximum Gasteiger partial charge on any atom is 0.0731 e. The zero-order valence-corrected chi connectivity index (χ0v) is 8.99. The van der Waals surface area contributed by atoms with Crippen molar-refractivity contribution in [2.75, 3.05) is 12.4 Å². The van der Waals surface area contributed by atoms with Crippen LogP contribution in [0.3, 0.4) is 0 Å². The van der Waals surface area contributed by atoms with E-state index in [1.54, 1.807) is 0 Å². The maximum absolute atomic E-state index is 4.38. The Hall–Kier alpha value is -1.83. The van der Waals surface area contributed by atoms with Crippen molar-refractivity contribution >= 4 is 5.69 Å². The number of aromatic nitrogens is 1. The van der Waals surface area contributed by atoms with E-state index in [0.29, 0.717) is 0 Å². The monoisotopic (exact) mass is 198 g/mol. The summed E-state index contributed by atoms with van der Waals surface area (Å²) >= 11 is 0. The summed E-state index contributed by atoms with van der Waals surface area (Å²) in [6.45, 7) is 2.08. The molecule has 0 unspecified atom stereocenters. The van der Waals surface area contributed by atoms with Crippen LogP contribution in [0.2, 0.25) is 0 Å². The molecule has 0 aliphatic rings. The number of hydrogen-bond acceptors (Lipinski definition) is 2. The Morgan fingerprint density at radius 2 is 1.80 bits per heavy atom. The first-order valence-corrected chi connectivity index (χ1v) is 5.01. The van der Waals surface area contributed by atoms with Gasteiger partial charge in [0.25, 0.3) is 0 Å². The molecule has 0 amide bonds. The molecule has 1 heterocycles. The first kappa shape index (κ1) is 9.71. The summed E-state index contributed by atoms with van der Waals surface area (Å²) in [7, 11) is 1.92. The summed E-state index contributed by atoms with van der Waals surface area (Å²) in [5.41, 5.74) is 4.54. The van der Waals surface area contributed by atoms with Gasteiger partial charge in [0, 0.05) is 24.5 Å². The van der Waals surface area contributed by atoms with Gasteiger partial charge >= 0.3 is 0 Å². The zero-order chi connectivity index (χ0) is 10.7. The lowest BCUT2D eigenvalue weighted by Crippen LogP contribution is -1.89. The van der Waals surface area contributed by atoms with Crippen LogP contribution in [-0.2, 0) is 0 Å². The fourth-order valence-corrected chi connectivity index (χ4v) is 1.58. The molecule has 2 aromatic rings. The number of aryl methyl sites for hydroxylation is 1. The van der Waals surface area contributed by atoms with Crippen molar-refractivity contribution in [2.45, 2.75) is 6.92 Å². The minimum atomic E-state index is 1.06. The van der Waals surface area contributed by atoms with Crippen molar-refractivity contribution < 1.29 is 0 Å². The fourth-order valence-electron chi connectivity index (χ4n) is 1.58. The average Bonchev–Trinajstić information content (AvgIpc) is 2.30. The number of nitrogens with one attached hydrogen (secondary N) is 1. The van der Waals surface area contributed by atoms with E-state index < -0.39 is 0 Å². The highest BCUT2D eigenvalue weighted by Gasteiger charge is 2.01. The van der Waals surface area contributed by atoms with Crippen molar-refractivity contribution in [3.8, 4) is 11.3 Å². The van der Waals surface area contributed by atoms with Crippen LogP contribution in [0, 0.1) is 6.92 Å². The molecule has 0 aliphatic heterocycles. The molecule has 2 nitrogen and oxygen atoms in total. The zero-order valence-electron chi connectivity index (χ0n) is 8.99. The van der Waals surface area contributed by atoms with Crippen LogP contribution in [0.4, 0.5) is 5.69 Å². The molecule has 0 radical (unpaired) electrons. The lowest BCUT2D eigenvalue weighted by molar-refractivity contribution is 1.27. The Kier molecular flexibility index (Phi) is 2.68. The molecule has 0 aliphatic carbocycles. The smallest absolute Gasteiger partial charge is 0.0731 e. The number of hydrogen-bond donors (Lipinski definition) is 1. The average molecular weight is 198 g/mol. The van der Waals surface area contributed by atoms with Crippen LogP contribution in [0.15, 0.2) is 42.6 Å². The van der Waals surface area contributed by atoms with Crippen LogP contribution in [0.25, 0.3) is 11.3 Å². The van der Waals surface area contributed by atoms with Crippen LogP contribution in [0.1, 0.15) is 5.56 Å². The van der Waals surface area contributed by atoms with Gasteiger partial charge in [-0.1, -0.05) is 18.2 Å². The van der Waals surface area contributed by atoms with E-state index in [9.17, 15) is 0 Å². The minimum Gasteiger partial charge on any atom is -0.388 e. The predicted molar refractivity (Wildman–Crippen MR) is 64.0 cm³/mol. The van der Waals surface area contributed by atoms with Crippen LogP contribution in [-0.4, -0.2) is 12.0 Å². The minimum absolute atomic E-state index is 1.06. The highest BCUT2D eigenvalue weighted by atomic mass is 14.8. The Morgan fingerprint density at radius 3 is 2.40 bits per heavy atom. The van der Waals surface area contributed by atoms with Gasteiger partial charge in [-0.25, -0.2) is 0 Å². The molecule has 0 spiro atoms. The summed E-state index contributed by atoms with van der Waals surface area (Å²) in [5.74, 6) is 0. The van der Waals surface area contributed by atoms with Crippen LogP contribution < -0.4 is 5.32 Å². The molecule has 0 fully saturated rings. The molecule has 2 rings (SSSR count). The Balaban J connectivity index is 2.42. The summed E-state index contributed by atoms with van der Waals surface area (Å²) < 4.78 is 0. The van der Waals surface area contributed by atoms with Crippen LogP contribution in [0.5, 0.6) is 0 Å². The van der Waals surface area contributed by atoms with E-state index in [2.05, 4.69) is 47.6 Å². The summed E-state index contributed by atoms with van der Waals surface area (Å²) in [4.78, 5) is 4.38. The molecule has 76 valence electrons. The van der Waals surface area contributed by atoms with Gasteiger partial charge in [-0.2, -0.15) is 0 Å². The van der Waals surface area contributed by atoms with E-state index >= 15 is 0 Å². The van der Waals surface area contributed by atoms with E-state index in [1.165, 1.54) is 5.56 Å². The summed E-state index contributed by atoms with van der Waals surface area (Å²) in [5, 5.41) is 3.10. The number of anilines is 1. The van der Waals surface area contributed by atoms with Crippen molar-refractivity contribution in [3.05, 3.63) is 48.2 Å². The van der Waals surface area contributed by atoms with Gasteiger partial charge in [-0.3, -0.25) is 4.98 Å². The first-order valence-electron chi connectivity index (χ1n) is 5.01. The molecule has 1 aromatic carbocycles. The third kappa shape index (κ3) is 1.99. The third-order valence-corrected chi connectivity index (χ3v) is 2.46. The predicted octanol–water partition coefficient (Wildman–Crippen LogP) is 3.10. The summed E-state index contributed by atoms with van der Waals surface area (Å²) in [6.07, 6.45) is 1.83. The quantitative estimate of drug-likeness (QED) is 0.802. The third-order valence-electron chi connectivity index (χ3n) is 2.46. The van der Waals surface area contributed by atoms with Crippen LogP contribution >= 0.6 is 0 Å². The van der Waals surface area contributed by atoms with Gasteiger partial charge in [0.15, 0.2) is 0 Å². The molecule has 2 heteroatoms. The van der Waals surface area contributed by atoms with E-state index in [4.69, 9.17) is 0 Å². The number of benzene rings is 1. The second-order valence-corrected chi connectivity index (χ2v) is 3.50. The lowest BCUT2D eigenvalue weighted by Gasteiger charge is -2.05. The first-order chi connectivity index (χ1) is 7.31. The number of rotatable bonds is 2. The van der Waals surface area contributed by atoms with E-state index in [0.717, 1.165) is 16.9 Å². The molecule has 15 heavy (non-hydrogen) atoms. The van der Waals surface area contributed by atoms with Crippen molar-refractivity contribution in [1.82, 2.24) is 4.98 Å². The molecular formula is C13H14N2. The van der Waals surface area contributed by atoms with Gasteiger partial charge in [0.1, 0.15) is 0 Å². The Labute approximate surface area is 90.0 Å². The number of nitrogens with zero attached hydrogens (tertiary/aromatic N) is 1. The van der Waals surface area contributed by atoms with Gasteiger partial charge in [0.2, 0.25) is 0 Å². The molecule has 1 aromatic heterocycles. The number of pyridine rings is 1. The fraction of sp³-hybridized carbons (Fsp3) is 0.154. The van der Waals surface area contributed by atoms with E-state index in [-0.39, 0.29) is 0 Å². The highest BCUT2D eigenvalue weighted by molar-refractivity contribution is 5.65. The van der Waals surface area contributed by atoms with Gasteiger partial charge in [-0.15, -0.1) is 0 Å². The second-order valence-electron chi connectivity index (χ2n) is 3.50. The molecule has 0 bridgehead atoms. The topological polar surface area (TPSA) is 24.9 Å². The van der Waals surface area contributed by atoms with Gasteiger partial charge in [-0.05, 0) is 30.7 Å². The highest BCUT2D eigenvalue weighted by Crippen LogP contribution is 2.21. The van der Waals surface area contributed by atoms with E-state index in [1.807, 2.05) is 19.3 Å². The van der Waals surface area contributed by atoms with Gasteiger partial charge < -0.3 is 5.32 Å². The standard InChI is InChI=1S/C13H14N2/c1-10-4-3-9-15-13(10)11-5-7-12(14-2)8-6-11/h3-9,14H,1-2H3. The van der Waals surface area contributed by atoms with Crippen molar-refractivity contribution in [1.29, 1.82) is 0 Å². The normalized spacial score (nSPS) is 10.0. The van der Waals surface area contributed by atoms with Crippen molar-refractivity contribution in [3.63, 3.8) is 0 Å². The Morgan fingerprint density at radius 1 is 1.07 bits per heavy atom. The maximum atomic E-state index is 4.38. The second kappa shape index (κ2) is 4.13. The summed E-state index contributed by atoms with van der Waals surface area (Å²) in [6, 6.07) is 12.3. The molecule has 1 N–H and O–H groups in total. The SMILES string of the molecule is CNc1ccc(-c2ncccc2C)cc1. The molecule has 0 saturated carbocycles. The van der Waals surface area contributed by atoms with Gasteiger partial charge in [0.05, 0.1) is 5.69 Å². The lowest BCUT2D eigenvalue weighted by atomic mass is 10.1. The molecule has 0 saturated heterocycles. The molecular weight excluding hydrogens is 184 g/mol.